The Kier molecular flexibility index (Phi) is 7.74. The molecular formula is C27H30N2O4S2. The van der Waals surface area contributed by atoms with E-state index >= 15 is 0 Å². The summed E-state index contributed by atoms with van der Waals surface area (Å²) in [6.45, 7) is 8.21. The lowest BCUT2D eigenvalue weighted by Crippen LogP contribution is -2.47. The fraction of sp³-hybridized carbons (Fsp3) is 0.296. The number of aryl methyl sites for hydroxylation is 2. The third-order valence-corrected chi connectivity index (χ3v) is 8.97. The van der Waals surface area contributed by atoms with Gasteiger partial charge in [-0.2, -0.15) is 4.31 Å². The Morgan fingerprint density at radius 1 is 1.11 bits per heavy atom. The maximum Gasteiger partial charge on any atom is 0.243 e. The topological polar surface area (TPSA) is 66.9 Å². The van der Waals surface area contributed by atoms with Gasteiger partial charge in [0, 0.05) is 18.0 Å². The number of benzene rings is 2. The Hall–Kier alpha value is -2.94. The lowest BCUT2D eigenvalue weighted by Gasteiger charge is -2.36. The fourth-order valence-corrected chi connectivity index (χ4v) is 6.47. The van der Waals surface area contributed by atoms with Crippen molar-refractivity contribution in [3.8, 4) is 5.75 Å². The van der Waals surface area contributed by atoms with Crippen LogP contribution >= 0.6 is 11.3 Å². The lowest BCUT2D eigenvalue weighted by molar-refractivity contribution is -0.135. The molecule has 0 aliphatic carbocycles. The van der Waals surface area contributed by atoms with Gasteiger partial charge in [-0.25, -0.2) is 8.42 Å². The van der Waals surface area contributed by atoms with Crippen LogP contribution in [0, 0.1) is 13.8 Å². The van der Waals surface area contributed by atoms with Crippen LogP contribution in [0.5, 0.6) is 5.75 Å². The summed E-state index contributed by atoms with van der Waals surface area (Å²) in [5.74, 6) is 0.484. The summed E-state index contributed by atoms with van der Waals surface area (Å²) in [7, 11) is -3.85. The van der Waals surface area contributed by atoms with Crippen LogP contribution in [0.3, 0.4) is 0 Å². The first-order valence-electron chi connectivity index (χ1n) is 11.5. The number of nitrogens with zero attached hydrogens (tertiary/aromatic N) is 2. The van der Waals surface area contributed by atoms with Crippen molar-refractivity contribution in [3.05, 3.63) is 94.2 Å². The van der Waals surface area contributed by atoms with E-state index in [1.165, 1.54) is 15.3 Å². The van der Waals surface area contributed by atoms with Crippen LogP contribution in [-0.4, -0.2) is 49.8 Å². The van der Waals surface area contributed by atoms with Gasteiger partial charge in [-0.3, -0.25) is 4.79 Å². The zero-order valence-electron chi connectivity index (χ0n) is 20.0. The predicted octanol–water partition coefficient (Wildman–Crippen LogP) is 4.75. The van der Waals surface area contributed by atoms with Crippen LogP contribution in [0.2, 0.25) is 0 Å². The predicted molar refractivity (Wildman–Crippen MR) is 139 cm³/mol. The largest absolute Gasteiger partial charge is 0.491 e. The summed E-state index contributed by atoms with van der Waals surface area (Å²) in [6, 6.07) is 16.2. The van der Waals surface area contributed by atoms with Gasteiger partial charge in [0.1, 0.15) is 12.4 Å². The SMILES string of the molecule is C=CCN(CC(=O)N1CCc2sccc2[C@H]1COc1ccc(C)cc1)S(=O)(=O)c1ccc(C)cc1. The van der Waals surface area contributed by atoms with Gasteiger partial charge in [0.25, 0.3) is 0 Å². The summed E-state index contributed by atoms with van der Waals surface area (Å²) < 4.78 is 33.9. The molecule has 1 aromatic heterocycles. The molecule has 3 aromatic rings. The molecule has 2 heterocycles. The molecule has 0 radical (unpaired) electrons. The van der Waals surface area contributed by atoms with Gasteiger partial charge in [-0.05, 0) is 61.5 Å². The number of carbonyl (C=O) groups is 1. The van der Waals surface area contributed by atoms with Crippen LogP contribution in [0.4, 0.5) is 0 Å². The molecule has 0 bridgehead atoms. The number of rotatable bonds is 9. The molecule has 8 heteroatoms. The standard InChI is InChI=1S/C27H30N2O4S2/c1-4-15-28(35(31,32)23-11-7-21(3)8-12-23)18-27(30)29-16-13-26-24(14-17-34-26)25(29)19-33-22-9-5-20(2)6-10-22/h4-12,14,17,25H,1,13,15-16,18-19H2,2-3H3/t25-/m1/s1. The molecule has 1 amide bonds. The third kappa shape index (κ3) is 5.66. The van der Waals surface area contributed by atoms with Gasteiger partial charge in [-0.15, -0.1) is 17.9 Å². The molecule has 0 saturated carbocycles. The molecule has 6 nitrogen and oxygen atoms in total. The summed E-state index contributed by atoms with van der Waals surface area (Å²) >= 11 is 1.68. The first kappa shape index (κ1) is 25.2. The second-order valence-corrected chi connectivity index (χ2v) is 11.6. The van der Waals surface area contributed by atoms with E-state index in [2.05, 4.69) is 6.58 Å². The molecule has 2 aromatic carbocycles. The first-order chi connectivity index (χ1) is 16.8. The molecule has 0 fully saturated rings. The average Bonchev–Trinajstić information content (AvgIpc) is 3.32. The maximum atomic E-state index is 13.5. The van der Waals surface area contributed by atoms with Crippen LogP contribution in [0.1, 0.15) is 27.6 Å². The number of sulfonamides is 1. The van der Waals surface area contributed by atoms with Crippen LogP contribution < -0.4 is 4.74 Å². The minimum absolute atomic E-state index is 0.0457. The van der Waals surface area contributed by atoms with Gasteiger partial charge in [0.2, 0.25) is 15.9 Å². The average molecular weight is 511 g/mol. The smallest absolute Gasteiger partial charge is 0.243 e. The Bertz CT molecular complexity index is 1280. The first-order valence-corrected chi connectivity index (χ1v) is 13.8. The molecule has 0 N–H and O–H groups in total. The third-order valence-electron chi connectivity index (χ3n) is 6.15. The molecule has 1 aliphatic heterocycles. The van der Waals surface area contributed by atoms with Crippen molar-refractivity contribution in [2.45, 2.75) is 31.2 Å². The van der Waals surface area contributed by atoms with Crippen molar-refractivity contribution in [1.82, 2.24) is 9.21 Å². The molecule has 4 rings (SSSR count). The van der Waals surface area contributed by atoms with Crippen molar-refractivity contribution in [2.24, 2.45) is 0 Å². The molecule has 35 heavy (non-hydrogen) atoms. The minimum Gasteiger partial charge on any atom is -0.491 e. The highest BCUT2D eigenvalue weighted by molar-refractivity contribution is 7.89. The normalized spacial score (nSPS) is 15.6. The number of amides is 1. The summed E-state index contributed by atoms with van der Waals surface area (Å²) in [4.78, 5) is 16.7. The van der Waals surface area contributed by atoms with Crippen LogP contribution in [0.25, 0.3) is 0 Å². The number of thiophene rings is 1. The number of hydrogen-bond acceptors (Lipinski definition) is 5. The maximum absolute atomic E-state index is 13.5. The zero-order chi connectivity index (χ0) is 25.0. The summed E-state index contributed by atoms with van der Waals surface area (Å²) in [5, 5.41) is 2.03. The van der Waals surface area contributed by atoms with E-state index < -0.39 is 10.0 Å². The highest BCUT2D eigenvalue weighted by Crippen LogP contribution is 2.34. The van der Waals surface area contributed by atoms with Crippen molar-refractivity contribution in [1.29, 1.82) is 0 Å². The number of hydrogen-bond donors (Lipinski definition) is 0. The Morgan fingerprint density at radius 3 is 2.43 bits per heavy atom. The van der Waals surface area contributed by atoms with E-state index in [-0.39, 0.29) is 29.9 Å². The van der Waals surface area contributed by atoms with Crippen LogP contribution in [0.15, 0.2) is 77.5 Å². The van der Waals surface area contributed by atoms with E-state index in [0.29, 0.717) is 13.2 Å². The Morgan fingerprint density at radius 2 is 1.77 bits per heavy atom. The number of fused-ring (bicyclic) bond motifs is 1. The molecule has 0 unspecified atom stereocenters. The van der Waals surface area contributed by atoms with Gasteiger partial charge >= 0.3 is 0 Å². The second kappa shape index (κ2) is 10.8. The summed E-state index contributed by atoms with van der Waals surface area (Å²) in [6.07, 6.45) is 2.25. The van der Waals surface area contributed by atoms with Gasteiger partial charge in [0.05, 0.1) is 17.5 Å². The van der Waals surface area contributed by atoms with Crippen LogP contribution in [-0.2, 0) is 21.2 Å². The minimum atomic E-state index is -3.85. The number of ether oxygens (including phenoxy) is 1. The Labute approximate surface area is 211 Å². The molecule has 184 valence electrons. The molecule has 0 spiro atoms. The lowest BCUT2D eigenvalue weighted by atomic mass is 10.0. The van der Waals surface area contributed by atoms with Crippen molar-refractivity contribution >= 4 is 27.3 Å². The molecule has 0 saturated heterocycles. The van der Waals surface area contributed by atoms with E-state index in [4.69, 9.17) is 4.74 Å². The second-order valence-electron chi connectivity index (χ2n) is 8.68. The van der Waals surface area contributed by atoms with E-state index in [9.17, 15) is 13.2 Å². The van der Waals surface area contributed by atoms with E-state index in [1.54, 1.807) is 40.5 Å². The Balaban J connectivity index is 1.55. The summed E-state index contributed by atoms with van der Waals surface area (Å²) in [5.41, 5.74) is 3.18. The quantitative estimate of drug-likeness (QED) is 0.390. The van der Waals surface area contributed by atoms with Crippen molar-refractivity contribution in [2.75, 3.05) is 26.2 Å². The van der Waals surface area contributed by atoms with Crippen molar-refractivity contribution in [3.63, 3.8) is 0 Å². The number of carbonyl (C=O) groups excluding carboxylic acids is 1. The van der Waals surface area contributed by atoms with E-state index in [1.807, 2.05) is 49.6 Å². The fourth-order valence-electron chi connectivity index (χ4n) is 4.18. The van der Waals surface area contributed by atoms with Crippen molar-refractivity contribution < 1.29 is 17.9 Å². The molecule has 1 atom stereocenters. The van der Waals surface area contributed by atoms with Gasteiger partial charge in [0.15, 0.2) is 0 Å². The molecular weight excluding hydrogens is 480 g/mol. The van der Waals surface area contributed by atoms with Gasteiger partial charge in [-0.1, -0.05) is 41.5 Å². The molecule has 1 aliphatic rings. The zero-order valence-corrected chi connectivity index (χ0v) is 21.6. The monoisotopic (exact) mass is 510 g/mol. The highest BCUT2D eigenvalue weighted by atomic mass is 32.2. The van der Waals surface area contributed by atoms with Gasteiger partial charge < -0.3 is 9.64 Å². The van der Waals surface area contributed by atoms with E-state index in [0.717, 1.165) is 28.9 Å². The highest BCUT2D eigenvalue weighted by Gasteiger charge is 2.35.